The quantitative estimate of drug-likeness (QED) is 0.0573. The van der Waals surface area contributed by atoms with E-state index in [1.54, 1.807) is 25.1 Å². The average molecular weight is 672 g/mol. The van der Waals surface area contributed by atoms with Gasteiger partial charge in [0.2, 0.25) is 6.29 Å². The lowest BCUT2D eigenvalue weighted by Gasteiger charge is -2.43. The second kappa shape index (κ2) is 20.6. The smallest absolute Gasteiger partial charge is 0.461 e. The van der Waals surface area contributed by atoms with Crippen molar-refractivity contribution in [1.82, 2.24) is 0 Å². The lowest BCUT2D eigenvalue weighted by atomic mass is 9.99. The van der Waals surface area contributed by atoms with Crippen molar-refractivity contribution >= 4 is 19.8 Å². The maximum Gasteiger partial charge on any atom is 0.470 e. The van der Waals surface area contributed by atoms with Gasteiger partial charge >= 0.3 is 19.8 Å². The Balaban J connectivity index is 2.22. The van der Waals surface area contributed by atoms with Crippen LogP contribution < -0.4 is 10.5 Å². The Kier molecular flexibility index (Phi) is 17.7. The second-order valence-corrected chi connectivity index (χ2v) is 12.4. The van der Waals surface area contributed by atoms with E-state index >= 15 is 0 Å². The number of ether oxygens (including phenoxy) is 4. The Bertz CT molecular complexity index is 1170. The SMILES string of the molecule is C/C=C(\C)C(=O)OCC1OC(Oc2ccc(C(O)CN)cc2)C(OC(=O)/C=C/CCCCCCCCCC)C(OP(=O)(O)O)C1O. The van der Waals surface area contributed by atoms with Crippen molar-refractivity contribution in [3.63, 3.8) is 0 Å². The molecule has 13 nitrogen and oxygen atoms in total. The van der Waals surface area contributed by atoms with E-state index in [1.807, 2.05) is 0 Å². The van der Waals surface area contributed by atoms with E-state index in [0.717, 1.165) is 19.3 Å². The van der Waals surface area contributed by atoms with Crippen LogP contribution in [0.4, 0.5) is 0 Å². The Labute approximate surface area is 270 Å². The second-order valence-electron chi connectivity index (χ2n) is 11.2. The van der Waals surface area contributed by atoms with Crippen molar-refractivity contribution in [3.05, 3.63) is 53.6 Å². The predicted octanol–water partition coefficient (Wildman–Crippen LogP) is 4.13. The molecule has 0 amide bonds. The van der Waals surface area contributed by atoms with E-state index < -0.39 is 63.2 Å². The van der Waals surface area contributed by atoms with Crippen LogP contribution in [0.3, 0.4) is 0 Å². The van der Waals surface area contributed by atoms with Gasteiger partial charge in [-0.05, 0) is 44.4 Å². The summed E-state index contributed by atoms with van der Waals surface area (Å²) in [4.78, 5) is 44.4. The summed E-state index contributed by atoms with van der Waals surface area (Å²) in [5, 5.41) is 21.1. The molecule has 6 N–H and O–H groups in total. The zero-order valence-corrected chi connectivity index (χ0v) is 27.8. The molecule has 14 heteroatoms. The van der Waals surface area contributed by atoms with Crippen LogP contribution in [0.5, 0.6) is 5.75 Å². The molecule has 0 aliphatic carbocycles. The number of benzene rings is 1. The van der Waals surface area contributed by atoms with Crippen molar-refractivity contribution in [2.24, 2.45) is 5.73 Å². The summed E-state index contributed by atoms with van der Waals surface area (Å²) in [5.41, 5.74) is 6.31. The zero-order valence-electron chi connectivity index (χ0n) is 26.9. The molecule has 1 heterocycles. The number of carbonyl (C=O) groups excluding carboxylic acids is 2. The lowest BCUT2D eigenvalue weighted by Crippen LogP contribution is -2.62. The van der Waals surface area contributed by atoms with Gasteiger partial charge in [0.15, 0.2) is 6.10 Å². The first-order valence-electron chi connectivity index (χ1n) is 15.8. The van der Waals surface area contributed by atoms with Gasteiger partial charge in [0.1, 0.15) is 30.7 Å². The number of phosphoric ester groups is 1. The van der Waals surface area contributed by atoms with E-state index in [0.29, 0.717) is 12.0 Å². The minimum Gasteiger partial charge on any atom is -0.461 e. The van der Waals surface area contributed by atoms with Crippen molar-refractivity contribution in [3.8, 4) is 5.75 Å². The monoisotopic (exact) mass is 671 g/mol. The van der Waals surface area contributed by atoms with Gasteiger partial charge in [0.25, 0.3) is 0 Å². The first-order valence-corrected chi connectivity index (χ1v) is 17.3. The van der Waals surface area contributed by atoms with Crippen molar-refractivity contribution < 1.29 is 57.6 Å². The van der Waals surface area contributed by atoms with Gasteiger partial charge < -0.3 is 44.7 Å². The van der Waals surface area contributed by atoms with Crippen molar-refractivity contribution in [2.45, 2.75) is 115 Å². The molecule has 2 rings (SSSR count). The highest BCUT2D eigenvalue weighted by Crippen LogP contribution is 2.42. The topological polar surface area (TPSA) is 204 Å². The maximum absolute atomic E-state index is 12.9. The fourth-order valence-electron chi connectivity index (χ4n) is 4.70. The third-order valence-electron chi connectivity index (χ3n) is 7.48. The number of rotatable bonds is 20. The molecule has 1 aliphatic heterocycles. The van der Waals surface area contributed by atoms with Crippen LogP contribution in [0, 0.1) is 0 Å². The molecule has 46 heavy (non-hydrogen) atoms. The van der Waals surface area contributed by atoms with E-state index in [4.69, 9.17) is 29.2 Å². The molecule has 0 saturated carbocycles. The van der Waals surface area contributed by atoms with Gasteiger partial charge in [0.05, 0.1) is 6.10 Å². The molecule has 1 aliphatic rings. The molecule has 0 bridgehead atoms. The van der Waals surface area contributed by atoms with E-state index in [1.165, 1.54) is 63.3 Å². The van der Waals surface area contributed by atoms with Gasteiger partial charge in [-0.25, -0.2) is 14.2 Å². The van der Waals surface area contributed by atoms with Crippen LogP contribution in [-0.4, -0.2) is 75.8 Å². The third-order valence-corrected chi connectivity index (χ3v) is 8.00. The first-order chi connectivity index (χ1) is 21.9. The standard InChI is InChI=1S/C32H50NO12P/c1-4-6-7-8-9-10-11-12-13-14-15-27(35)44-30-29(45-46(38,39)40)28(36)26(21-41-31(37)22(3)5-2)43-32(30)42-24-18-16-23(17-19-24)25(34)20-33/h5,14-19,25-26,28-30,32,34,36H,4,6-13,20-21,33H2,1-3H3,(H2,38,39,40)/b15-14+,22-5+. The Hall–Kier alpha value is -2.61. The Morgan fingerprint density at radius 1 is 1.04 bits per heavy atom. The van der Waals surface area contributed by atoms with Crippen molar-refractivity contribution in [1.29, 1.82) is 0 Å². The predicted molar refractivity (Wildman–Crippen MR) is 169 cm³/mol. The summed E-state index contributed by atoms with van der Waals surface area (Å²) in [6, 6.07) is 6.05. The molecule has 1 fully saturated rings. The first kappa shape index (κ1) is 39.6. The van der Waals surface area contributed by atoms with Crippen molar-refractivity contribution in [2.75, 3.05) is 13.2 Å². The normalized spacial score (nSPS) is 22.9. The highest BCUT2D eigenvalue weighted by molar-refractivity contribution is 7.46. The molecule has 1 aromatic rings. The number of aliphatic hydroxyl groups is 2. The molecule has 6 unspecified atom stereocenters. The number of unbranched alkanes of at least 4 members (excludes halogenated alkanes) is 8. The maximum atomic E-state index is 12.9. The molecule has 0 spiro atoms. The summed E-state index contributed by atoms with van der Waals surface area (Å²) in [5.74, 6) is -1.41. The number of esters is 2. The fourth-order valence-corrected chi connectivity index (χ4v) is 5.27. The highest BCUT2D eigenvalue weighted by atomic mass is 31.2. The molecule has 260 valence electrons. The van der Waals surface area contributed by atoms with Crippen LogP contribution >= 0.6 is 7.82 Å². The number of nitrogens with two attached hydrogens (primary N) is 1. The molecule has 0 radical (unpaired) electrons. The summed E-state index contributed by atoms with van der Waals surface area (Å²) in [7, 11) is -5.25. The molecule has 1 saturated heterocycles. The van der Waals surface area contributed by atoms with E-state index in [9.17, 15) is 34.2 Å². The van der Waals surface area contributed by atoms with E-state index in [-0.39, 0.29) is 17.9 Å². The lowest BCUT2D eigenvalue weighted by molar-refractivity contribution is -0.279. The van der Waals surface area contributed by atoms with Gasteiger partial charge in [0, 0.05) is 18.2 Å². The number of hydrogen-bond donors (Lipinski definition) is 5. The number of phosphoric acid groups is 1. The molecule has 1 aromatic carbocycles. The van der Waals surface area contributed by atoms with E-state index in [2.05, 4.69) is 6.92 Å². The molecular formula is C32H50NO12P. The highest BCUT2D eigenvalue weighted by Gasteiger charge is 2.52. The van der Waals surface area contributed by atoms with Gasteiger partial charge in [-0.2, -0.15) is 0 Å². The average Bonchev–Trinajstić information content (AvgIpc) is 3.03. The summed E-state index contributed by atoms with van der Waals surface area (Å²) in [6.45, 7) is 4.79. The van der Waals surface area contributed by atoms with Crippen LogP contribution in [0.25, 0.3) is 0 Å². The number of carbonyl (C=O) groups is 2. The minimum absolute atomic E-state index is 0.0110. The molecule has 0 aromatic heterocycles. The van der Waals surface area contributed by atoms with Crippen LogP contribution in [0.1, 0.15) is 90.2 Å². The molecular weight excluding hydrogens is 621 g/mol. The number of hydrogen-bond acceptors (Lipinski definition) is 11. The van der Waals surface area contributed by atoms with Gasteiger partial charge in [-0.15, -0.1) is 0 Å². The van der Waals surface area contributed by atoms with Crippen LogP contribution in [-0.2, 0) is 32.9 Å². The van der Waals surface area contributed by atoms with Gasteiger partial charge in [-0.1, -0.05) is 76.2 Å². The fraction of sp³-hybridized carbons (Fsp3) is 0.625. The number of aliphatic hydroxyl groups excluding tert-OH is 2. The van der Waals surface area contributed by atoms with Crippen LogP contribution in [0.15, 0.2) is 48.1 Å². The minimum atomic E-state index is -5.25. The molecule has 6 atom stereocenters. The third kappa shape index (κ3) is 14.0. The summed E-state index contributed by atoms with van der Waals surface area (Å²) in [6.07, 6.45) is 4.86. The Morgan fingerprint density at radius 2 is 1.67 bits per heavy atom. The Morgan fingerprint density at radius 3 is 2.26 bits per heavy atom. The number of allylic oxidation sites excluding steroid dienone is 2. The summed E-state index contributed by atoms with van der Waals surface area (Å²) >= 11 is 0. The summed E-state index contributed by atoms with van der Waals surface area (Å²) < 4.78 is 39.3. The largest absolute Gasteiger partial charge is 0.470 e. The van der Waals surface area contributed by atoms with Crippen LogP contribution in [0.2, 0.25) is 0 Å². The zero-order chi connectivity index (χ0) is 34.1. The van der Waals surface area contributed by atoms with Gasteiger partial charge in [-0.3, -0.25) is 4.52 Å².